The minimum atomic E-state index is -0.697. The maximum absolute atomic E-state index is 12.0. The van der Waals surface area contributed by atoms with Gasteiger partial charge in [0.2, 0.25) is 5.95 Å². The predicted octanol–water partition coefficient (Wildman–Crippen LogP) is 2.56. The quantitative estimate of drug-likeness (QED) is 0.553. The monoisotopic (exact) mass is 374 g/mol. The summed E-state index contributed by atoms with van der Waals surface area (Å²) in [6.07, 6.45) is 0. The molecule has 4 aromatic rings. The van der Waals surface area contributed by atoms with Crippen LogP contribution in [0, 0.1) is 0 Å². The number of nitrogens with two attached hydrogens (primary N) is 2. The molecule has 0 aliphatic heterocycles. The highest BCUT2D eigenvalue weighted by atomic mass is 16.5. The fourth-order valence-corrected chi connectivity index (χ4v) is 2.97. The molecule has 2 aromatic carbocycles. The summed E-state index contributed by atoms with van der Waals surface area (Å²) in [6, 6.07) is 16.7. The molecule has 140 valence electrons. The summed E-state index contributed by atoms with van der Waals surface area (Å²) < 4.78 is 7.13. The zero-order valence-electron chi connectivity index (χ0n) is 15.2. The summed E-state index contributed by atoms with van der Waals surface area (Å²) >= 11 is 0. The fourth-order valence-electron chi connectivity index (χ4n) is 2.97. The molecule has 28 heavy (non-hydrogen) atoms. The zero-order valence-corrected chi connectivity index (χ0v) is 15.2. The first-order valence-corrected chi connectivity index (χ1v) is 8.73. The van der Waals surface area contributed by atoms with Crippen molar-refractivity contribution in [3.05, 3.63) is 60.3 Å². The third kappa shape index (κ3) is 3.01. The molecule has 8 nitrogen and oxygen atoms in total. The molecule has 0 unspecified atom stereocenters. The van der Waals surface area contributed by atoms with Crippen molar-refractivity contribution in [1.82, 2.24) is 19.5 Å². The van der Waals surface area contributed by atoms with Crippen LogP contribution in [0.4, 0.5) is 5.95 Å². The minimum absolute atomic E-state index is 0.0234. The number of primary amides is 1. The van der Waals surface area contributed by atoms with Gasteiger partial charge in [-0.1, -0.05) is 18.2 Å². The average molecular weight is 374 g/mol. The Morgan fingerprint density at radius 3 is 2.39 bits per heavy atom. The summed E-state index contributed by atoms with van der Waals surface area (Å²) in [7, 11) is 0. The van der Waals surface area contributed by atoms with E-state index in [1.165, 1.54) is 0 Å². The summed E-state index contributed by atoms with van der Waals surface area (Å²) in [6.45, 7) is 2.49. The van der Waals surface area contributed by atoms with E-state index in [-0.39, 0.29) is 17.2 Å². The van der Waals surface area contributed by atoms with Gasteiger partial charge in [-0.15, -0.1) is 0 Å². The number of rotatable bonds is 5. The van der Waals surface area contributed by atoms with Gasteiger partial charge in [0.25, 0.3) is 5.91 Å². The Bertz CT molecular complexity index is 1150. The van der Waals surface area contributed by atoms with E-state index in [9.17, 15) is 4.79 Å². The lowest BCUT2D eigenvalue weighted by Crippen LogP contribution is -2.15. The Morgan fingerprint density at radius 2 is 1.75 bits per heavy atom. The maximum atomic E-state index is 12.0. The highest BCUT2D eigenvalue weighted by Gasteiger charge is 2.21. The molecule has 0 radical (unpaired) electrons. The van der Waals surface area contributed by atoms with E-state index >= 15 is 0 Å². The van der Waals surface area contributed by atoms with E-state index < -0.39 is 5.91 Å². The zero-order chi connectivity index (χ0) is 19.7. The van der Waals surface area contributed by atoms with Gasteiger partial charge in [-0.2, -0.15) is 0 Å². The molecule has 0 bridgehead atoms. The van der Waals surface area contributed by atoms with Crippen LogP contribution in [-0.4, -0.2) is 32.0 Å². The Labute approximate surface area is 160 Å². The Morgan fingerprint density at radius 1 is 1.04 bits per heavy atom. The average Bonchev–Trinajstić information content (AvgIpc) is 3.04. The Hall–Kier alpha value is -3.94. The first-order valence-electron chi connectivity index (χ1n) is 8.73. The summed E-state index contributed by atoms with van der Waals surface area (Å²) in [5, 5.41) is 0. The van der Waals surface area contributed by atoms with E-state index in [1.54, 1.807) is 4.57 Å². The largest absolute Gasteiger partial charge is 0.494 e. The van der Waals surface area contributed by atoms with E-state index in [0.717, 1.165) is 11.4 Å². The molecule has 0 fully saturated rings. The van der Waals surface area contributed by atoms with Crippen LogP contribution in [0.25, 0.3) is 28.2 Å². The van der Waals surface area contributed by atoms with Crippen LogP contribution in [0.3, 0.4) is 0 Å². The van der Waals surface area contributed by atoms with Crippen molar-refractivity contribution < 1.29 is 9.53 Å². The van der Waals surface area contributed by atoms with Crippen LogP contribution in [0.2, 0.25) is 0 Å². The van der Waals surface area contributed by atoms with Crippen molar-refractivity contribution in [3.8, 4) is 22.8 Å². The standard InChI is InChI=1S/C20H18N6O2/c1-2-28-14-10-8-12(9-11-14)18-23-15(17(21)27)16-19(25-18)26(20(22)24-16)13-6-4-3-5-7-13/h3-11H,2H2,1H3,(H2,21,27)(H2,22,24). The summed E-state index contributed by atoms with van der Waals surface area (Å²) in [5.41, 5.74) is 13.9. The molecule has 8 heteroatoms. The number of amides is 1. The van der Waals surface area contributed by atoms with E-state index in [2.05, 4.69) is 15.0 Å². The molecule has 0 spiro atoms. The van der Waals surface area contributed by atoms with Crippen molar-refractivity contribution >= 4 is 23.0 Å². The van der Waals surface area contributed by atoms with Gasteiger partial charge < -0.3 is 16.2 Å². The van der Waals surface area contributed by atoms with Gasteiger partial charge in [0.05, 0.1) is 12.3 Å². The van der Waals surface area contributed by atoms with Crippen molar-refractivity contribution in [1.29, 1.82) is 0 Å². The summed E-state index contributed by atoms with van der Waals surface area (Å²) in [4.78, 5) is 25.3. The summed E-state index contributed by atoms with van der Waals surface area (Å²) in [5.74, 6) is 0.585. The third-order valence-corrected chi connectivity index (χ3v) is 4.20. The van der Waals surface area contributed by atoms with Gasteiger partial charge in [0.15, 0.2) is 17.2 Å². The molecule has 0 saturated heterocycles. The number of ether oxygens (including phenoxy) is 1. The maximum Gasteiger partial charge on any atom is 0.269 e. The highest BCUT2D eigenvalue weighted by Crippen LogP contribution is 2.27. The lowest BCUT2D eigenvalue weighted by Gasteiger charge is -2.08. The van der Waals surface area contributed by atoms with E-state index in [0.29, 0.717) is 23.6 Å². The molecule has 2 heterocycles. The number of nitrogen functional groups attached to an aromatic ring is 1. The molecular formula is C20H18N6O2. The van der Waals surface area contributed by atoms with Gasteiger partial charge in [-0.05, 0) is 43.3 Å². The van der Waals surface area contributed by atoms with Crippen LogP contribution < -0.4 is 16.2 Å². The van der Waals surface area contributed by atoms with Crippen LogP contribution in [0.15, 0.2) is 54.6 Å². The van der Waals surface area contributed by atoms with Crippen LogP contribution in [0.5, 0.6) is 5.75 Å². The number of nitrogens with zero attached hydrogens (tertiary/aromatic N) is 4. The molecular weight excluding hydrogens is 356 g/mol. The molecule has 1 amide bonds. The van der Waals surface area contributed by atoms with Gasteiger partial charge >= 0.3 is 0 Å². The van der Waals surface area contributed by atoms with Crippen molar-refractivity contribution in [2.75, 3.05) is 12.3 Å². The number of aromatic nitrogens is 4. The second-order valence-corrected chi connectivity index (χ2v) is 6.03. The van der Waals surface area contributed by atoms with Gasteiger partial charge in [-0.3, -0.25) is 9.36 Å². The number of para-hydroxylation sites is 1. The number of anilines is 1. The first-order chi connectivity index (χ1) is 13.6. The Kier molecular flexibility index (Phi) is 4.36. The number of fused-ring (bicyclic) bond motifs is 1. The normalized spacial score (nSPS) is 10.9. The SMILES string of the molecule is CCOc1ccc(-c2nc(C(N)=O)c3nc(N)n(-c4ccccc4)c3n2)cc1. The van der Waals surface area contributed by atoms with Gasteiger partial charge in [0, 0.05) is 5.56 Å². The third-order valence-electron chi connectivity index (χ3n) is 4.20. The van der Waals surface area contributed by atoms with Gasteiger partial charge in [-0.25, -0.2) is 15.0 Å². The second-order valence-electron chi connectivity index (χ2n) is 6.03. The highest BCUT2D eigenvalue weighted by molar-refractivity contribution is 6.02. The minimum Gasteiger partial charge on any atom is -0.494 e. The number of carbonyl (C=O) groups excluding carboxylic acids is 1. The number of imidazole rings is 1. The van der Waals surface area contributed by atoms with E-state index in [1.807, 2.05) is 61.5 Å². The molecule has 4 rings (SSSR count). The lowest BCUT2D eigenvalue weighted by molar-refractivity contribution is 0.0997. The number of hydrogen-bond acceptors (Lipinski definition) is 6. The van der Waals surface area contributed by atoms with Crippen LogP contribution >= 0.6 is 0 Å². The number of carbonyl (C=O) groups is 1. The van der Waals surface area contributed by atoms with Crippen molar-refractivity contribution in [2.45, 2.75) is 6.92 Å². The predicted molar refractivity (Wildman–Crippen MR) is 106 cm³/mol. The van der Waals surface area contributed by atoms with Crippen LogP contribution in [0.1, 0.15) is 17.4 Å². The molecule has 2 aromatic heterocycles. The number of hydrogen-bond donors (Lipinski definition) is 2. The topological polar surface area (TPSA) is 122 Å². The van der Waals surface area contributed by atoms with Crippen molar-refractivity contribution in [2.24, 2.45) is 5.73 Å². The molecule has 0 atom stereocenters. The molecule has 0 saturated carbocycles. The van der Waals surface area contributed by atoms with Gasteiger partial charge in [0.1, 0.15) is 11.3 Å². The first kappa shape index (κ1) is 17.5. The smallest absolute Gasteiger partial charge is 0.269 e. The fraction of sp³-hybridized carbons (Fsp3) is 0.100. The lowest BCUT2D eigenvalue weighted by atomic mass is 10.2. The van der Waals surface area contributed by atoms with Crippen molar-refractivity contribution in [3.63, 3.8) is 0 Å². The molecule has 0 aliphatic rings. The Balaban J connectivity index is 1.94. The number of benzene rings is 2. The van der Waals surface area contributed by atoms with Crippen LogP contribution in [-0.2, 0) is 0 Å². The molecule has 4 N–H and O–H groups in total. The molecule has 0 aliphatic carbocycles. The second kappa shape index (κ2) is 6.99. The van der Waals surface area contributed by atoms with E-state index in [4.69, 9.17) is 16.2 Å².